The van der Waals surface area contributed by atoms with E-state index in [1.807, 2.05) is 29.3 Å². The molecule has 0 saturated heterocycles. The van der Waals surface area contributed by atoms with E-state index in [1.165, 1.54) is 11.1 Å². The second kappa shape index (κ2) is 7.05. The van der Waals surface area contributed by atoms with Crippen LogP contribution in [0.15, 0.2) is 53.2 Å². The van der Waals surface area contributed by atoms with Gasteiger partial charge in [-0.3, -0.25) is 4.90 Å². The molecular formula is C20H22N4OS. The number of rotatable bonds is 4. The van der Waals surface area contributed by atoms with Crippen molar-refractivity contribution in [1.29, 1.82) is 0 Å². The fraction of sp³-hybridized carbons (Fsp3) is 0.300. The molecule has 0 unspecified atom stereocenters. The van der Waals surface area contributed by atoms with Crippen molar-refractivity contribution in [3.63, 3.8) is 0 Å². The smallest absolute Gasteiger partial charge is 0.199 e. The minimum atomic E-state index is 0.697. The van der Waals surface area contributed by atoms with Crippen molar-refractivity contribution >= 4 is 17.8 Å². The number of furan rings is 1. The zero-order valence-electron chi connectivity index (χ0n) is 15.1. The fourth-order valence-corrected chi connectivity index (χ4v) is 3.56. The minimum absolute atomic E-state index is 0.697. The molecule has 3 aromatic rings. The van der Waals surface area contributed by atoms with Gasteiger partial charge in [-0.15, -0.1) is 0 Å². The summed E-state index contributed by atoms with van der Waals surface area (Å²) in [7, 11) is 1.96. The van der Waals surface area contributed by atoms with Gasteiger partial charge in [-0.2, -0.15) is 5.10 Å². The maximum atomic E-state index is 5.59. The molecule has 134 valence electrons. The summed E-state index contributed by atoms with van der Waals surface area (Å²) in [6.07, 6.45) is 5.04. The molecule has 0 aliphatic carbocycles. The van der Waals surface area contributed by atoms with Gasteiger partial charge in [-0.25, -0.2) is 4.68 Å². The summed E-state index contributed by atoms with van der Waals surface area (Å²) < 4.78 is 9.98. The van der Waals surface area contributed by atoms with E-state index in [0.29, 0.717) is 6.67 Å². The topological polar surface area (TPSA) is 39.1 Å². The first-order valence-corrected chi connectivity index (χ1v) is 9.19. The van der Waals surface area contributed by atoms with Gasteiger partial charge in [0.2, 0.25) is 0 Å². The first-order valence-electron chi connectivity index (χ1n) is 8.78. The molecule has 0 fully saturated rings. The lowest BCUT2D eigenvalue weighted by molar-refractivity contribution is 0.226. The van der Waals surface area contributed by atoms with Crippen LogP contribution in [-0.2, 0) is 13.7 Å². The summed E-state index contributed by atoms with van der Waals surface area (Å²) >= 11 is 5.59. The molecule has 0 atom stereocenters. The average molecular weight is 366 g/mol. The van der Waals surface area contributed by atoms with Gasteiger partial charge >= 0.3 is 0 Å². The van der Waals surface area contributed by atoms with Crippen molar-refractivity contribution in [2.45, 2.75) is 20.0 Å². The molecule has 3 heterocycles. The van der Waals surface area contributed by atoms with Crippen LogP contribution in [0.2, 0.25) is 0 Å². The fourth-order valence-electron chi connectivity index (χ4n) is 3.38. The second-order valence-electron chi connectivity index (χ2n) is 6.62. The lowest BCUT2D eigenvalue weighted by Gasteiger charge is -2.26. The quantitative estimate of drug-likeness (QED) is 0.647. The van der Waals surface area contributed by atoms with Crippen molar-refractivity contribution in [1.82, 2.24) is 19.2 Å². The van der Waals surface area contributed by atoms with Crippen LogP contribution in [0.25, 0.3) is 17.0 Å². The van der Waals surface area contributed by atoms with Crippen molar-refractivity contribution in [2.24, 2.45) is 7.05 Å². The highest BCUT2D eigenvalue weighted by molar-refractivity contribution is 7.71. The predicted octanol–water partition coefficient (Wildman–Crippen LogP) is 4.27. The SMILES string of the molecule is Cc1occc1-c1nn(CN2CC=C(c3ccccc3)CC2)c(=S)n1C. The van der Waals surface area contributed by atoms with Crippen molar-refractivity contribution < 1.29 is 4.42 Å². The molecule has 0 bridgehead atoms. The van der Waals surface area contributed by atoms with E-state index in [4.69, 9.17) is 21.7 Å². The van der Waals surface area contributed by atoms with Crippen molar-refractivity contribution in [2.75, 3.05) is 13.1 Å². The first kappa shape index (κ1) is 17.0. The zero-order chi connectivity index (χ0) is 18.1. The van der Waals surface area contributed by atoms with Crippen molar-refractivity contribution in [3.8, 4) is 11.4 Å². The van der Waals surface area contributed by atoms with Gasteiger partial charge in [-0.05, 0) is 42.8 Å². The molecule has 1 aliphatic heterocycles. The predicted molar refractivity (Wildman–Crippen MR) is 105 cm³/mol. The third-order valence-electron chi connectivity index (χ3n) is 4.91. The Kier molecular flexibility index (Phi) is 4.61. The summed E-state index contributed by atoms with van der Waals surface area (Å²) in [6, 6.07) is 12.5. The van der Waals surface area contributed by atoms with E-state index >= 15 is 0 Å². The Hall–Kier alpha value is -2.44. The second-order valence-corrected chi connectivity index (χ2v) is 6.98. The molecule has 26 heavy (non-hydrogen) atoms. The highest BCUT2D eigenvalue weighted by atomic mass is 32.1. The van der Waals surface area contributed by atoms with Gasteiger partial charge in [-0.1, -0.05) is 36.4 Å². The van der Waals surface area contributed by atoms with Crippen LogP contribution in [0.3, 0.4) is 0 Å². The van der Waals surface area contributed by atoms with E-state index in [2.05, 4.69) is 41.3 Å². The minimum Gasteiger partial charge on any atom is -0.469 e. The molecule has 4 rings (SSSR count). The van der Waals surface area contributed by atoms with Crippen molar-refractivity contribution in [3.05, 3.63) is 64.8 Å². The molecule has 2 aromatic heterocycles. The number of benzene rings is 1. The molecule has 5 nitrogen and oxygen atoms in total. The van der Waals surface area contributed by atoms with Gasteiger partial charge < -0.3 is 8.98 Å². The van der Waals surface area contributed by atoms with Crippen LogP contribution >= 0.6 is 12.2 Å². The first-order chi connectivity index (χ1) is 12.6. The lowest BCUT2D eigenvalue weighted by atomic mass is 10.00. The van der Waals surface area contributed by atoms with E-state index in [0.717, 1.165) is 41.4 Å². The molecule has 6 heteroatoms. The van der Waals surface area contributed by atoms with E-state index in [1.54, 1.807) is 6.26 Å². The Balaban J connectivity index is 1.52. The van der Waals surface area contributed by atoms with Gasteiger partial charge in [0.05, 0.1) is 18.5 Å². The van der Waals surface area contributed by atoms with E-state index in [9.17, 15) is 0 Å². The largest absolute Gasteiger partial charge is 0.469 e. The molecular weight excluding hydrogens is 344 g/mol. The maximum Gasteiger partial charge on any atom is 0.199 e. The monoisotopic (exact) mass is 366 g/mol. The zero-order valence-corrected chi connectivity index (χ0v) is 15.9. The maximum absolute atomic E-state index is 5.59. The van der Waals surface area contributed by atoms with Crippen LogP contribution < -0.4 is 0 Å². The Morgan fingerprint density at radius 2 is 2.00 bits per heavy atom. The number of aromatic nitrogens is 3. The van der Waals surface area contributed by atoms with E-state index in [-0.39, 0.29) is 0 Å². The van der Waals surface area contributed by atoms with E-state index < -0.39 is 0 Å². The Bertz CT molecular complexity index is 996. The molecule has 0 amide bonds. The Labute approximate surface area is 158 Å². The summed E-state index contributed by atoms with van der Waals surface area (Å²) in [6.45, 7) is 4.54. The van der Waals surface area contributed by atoms with Gasteiger partial charge in [0.25, 0.3) is 0 Å². The Morgan fingerprint density at radius 1 is 1.19 bits per heavy atom. The van der Waals surface area contributed by atoms with Gasteiger partial charge in [0.1, 0.15) is 5.76 Å². The molecule has 1 aliphatic rings. The summed E-state index contributed by atoms with van der Waals surface area (Å²) in [4.78, 5) is 2.36. The lowest BCUT2D eigenvalue weighted by Crippen LogP contribution is -2.31. The Morgan fingerprint density at radius 3 is 2.65 bits per heavy atom. The molecule has 0 radical (unpaired) electrons. The summed E-state index contributed by atoms with van der Waals surface area (Å²) in [5.41, 5.74) is 3.72. The normalized spacial score (nSPS) is 15.2. The molecule has 1 aromatic carbocycles. The van der Waals surface area contributed by atoms with Crippen LogP contribution in [-0.4, -0.2) is 32.3 Å². The standard InChI is InChI=1S/C20H22N4OS/c1-15-18(10-13-25-15)19-21-24(20(26)22(19)2)14-23-11-8-17(9-12-23)16-6-4-3-5-7-16/h3-8,10,13H,9,11-12,14H2,1-2H3. The highest BCUT2D eigenvalue weighted by Gasteiger charge is 2.17. The number of hydrogen-bond acceptors (Lipinski definition) is 4. The summed E-state index contributed by atoms with van der Waals surface area (Å²) in [5.74, 6) is 1.70. The third kappa shape index (κ3) is 3.18. The van der Waals surface area contributed by atoms with Crippen LogP contribution in [0.1, 0.15) is 17.7 Å². The highest BCUT2D eigenvalue weighted by Crippen LogP contribution is 2.24. The van der Waals surface area contributed by atoms with Crippen LogP contribution in [0.5, 0.6) is 0 Å². The van der Waals surface area contributed by atoms with Crippen LogP contribution in [0, 0.1) is 11.7 Å². The molecule has 0 N–H and O–H groups in total. The average Bonchev–Trinajstić information content (AvgIpc) is 3.21. The third-order valence-corrected chi connectivity index (χ3v) is 5.40. The van der Waals surface area contributed by atoms with Crippen LogP contribution in [0.4, 0.5) is 0 Å². The molecule has 0 spiro atoms. The molecule has 0 saturated carbocycles. The number of hydrogen-bond donors (Lipinski definition) is 0. The van der Waals surface area contributed by atoms with Gasteiger partial charge in [0.15, 0.2) is 10.6 Å². The number of nitrogens with zero attached hydrogens (tertiary/aromatic N) is 4. The number of aryl methyl sites for hydroxylation is 1. The summed E-state index contributed by atoms with van der Waals surface area (Å²) in [5, 5.41) is 4.74. The van der Waals surface area contributed by atoms with Gasteiger partial charge in [0, 0.05) is 20.1 Å².